The molecular weight excluding hydrogens is 459 g/mol. The Morgan fingerprint density at radius 3 is 1.96 bits per heavy atom. The molecule has 6 nitrogen and oxygen atoms in total. The average molecular weight is 479 g/mol. The van der Waals surface area contributed by atoms with Crippen molar-refractivity contribution in [2.75, 3.05) is 11.9 Å². The molecule has 0 aliphatic rings. The molecule has 0 saturated carbocycles. The number of hydrogen-bond donors (Lipinski definition) is 3. The summed E-state index contributed by atoms with van der Waals surface area (Å²) < 4.78 is 52.7. The predicted molar refractivity (Wildman–Crippen MR) is 92.1 cm³/mol. The molecule has 0 aliphatic carbocycles. The van der Waals surface area contributed by atoms with Gasteiger partial charge in [-0.05, 0) is 0 Å². The molecule has 9 heteroatoms. The van der Waals surface area contributed by atoms with E-state index in [-0.39, 0.29) is 33.9 Å². The summed E-state index contributed by atoms with van der Waals surface area (Å²) >= 11 is -8.87. The summed E-state index contributed by atoms with van der Waals surface area (Å²) in [6.45, 7) is 0.705. The maximum atomic E-state index is 11.6. The molecule has 0 bridgehead atoms. The Hall–Kier alpha value is -0.163. The summed E-state index contributed by atoms with van der Waals surface area (Å²) in [7, 11) is 0. The van der Waals surface area contributed by atoms with Crippen molar-refractivity contribution in [2.24, 2.45) is 0 Å². The Morgan fingerprint density at radius 1 is 0.960 bits per heavy atom. The second kappa shape index (κ2) is 9.68. The summed E-state index contributed by atoms with van der Waals surface area (Å²) in [5.41, 5.74) is 3.26. The van der Waals surface area contributed by atoms with Gasteiger partial charge in [-0.2, -0.15) is 0 Å². The summed E-state index contributed by atoms with van der Waals surface area (Å²) in [4.78, 5) is 0. The van der Waals surface area contributed by atoms with Crippen LogP contribution in [0.15, 0.2) is 48.5 Å². The zero-order valence-electron chi connectivity index (χ0n) is 14.3. The molecule has 0 aliphatic heterocycles. The second-order valence-electron chi connectivity index (χ2n) is 5.64. The van der Waals surface area contributed by atoms with Crippen LogP contribution >= 0.6 is 0 Å². The van der Waals surface area contributed by atoms with Crippen LogP contribution < -0.4 is 47.7 Å². The zero-order chi connectivity index (χ0) is 17.8. The molecule has 2 aromatic rings. The Kier molecular flexibility index (Phi) is 8.86. The van der Waals surface area contributed by atoms with Crippen molar-refractivity contribution in [2.45, 2.75) is 18.6 Å². The molecule has 0 radical (unpaired) electrons. The molecular formula is C16H20As2NNaO5. The molecule has 3 N–H and O–H groups in total. The SMILES string of the molecule is C[As](=O)(O)c1ccc(CCCNc2ccc([As](=O)([O-])O)cc2)cc1.[Na+]. The Balaban J connectivity index is 0.00000312. The summed E-state index contributed by atoms with van der Waals surface area (Å²) in [6.07, 6.45) is 1.69. The fourth-order valence-electron chi connectivity index (χ4n) is 2.23. The van der Waals surface area contributed by atoms with Crippen LogP contribution in [0.2, 0.25) is 5.71 Å². The van der Waals surface area contributed by atoms with Gasteiger partial charge in [0.1, 0.15) is 0 Å². The minimum atomic E-state index is -5.05. The van der Waals surface area contributed by atoms with E-state index in [9.17, 15) is 15.7 Å². The van der Waals surface area contributed by atoms with Crippen molar-refractivity contribution in [3.8, 4) is 0 Å². The van der Waals surface area contributed by atoms with Crippen LogP contribution in [0.1, 0.15) is 12.0 Å². The summed E-state index contributed by atoms with van der Waals surface area (Å²) in [5, 5.41) is 3.18. The van der Waals surface area contributed by atoms with E-state index in [4.69, 9.17) is 4.10 Å². The van der Waals surface area contributed by atoms with Crippen LogP contribution in [-0.2, 0) is 13.9 Å². The smallest absolute Gasteiger partial charge is 1.00 e. The largest absolute Gasteiger partial charge is 1.00 e. The monoisotopic (exact) mass is 479 g/mol. The van der Waals surface area contributed by atoms with Gasteiger partial charge in [0, 0.05) is 0 Å². The van der Waals surface area contributed by atoms with Crippen LogP contribution in [0, 0.1) is 0 Å². The van der Waals surface area contributed by atoms with Crippen molar-refractivity contribution >= 4 is 42.4 Å². The van der Waals surface area contributed by atoms with Crippen LogP contribution in [0.3, 0.4) is 0 Å². The number of anilines is 1. The van der Waals surface area contributed by atoms with Gasteiger partial charge in [0.25, 0.3) is 0 Å². The molecule has 0 amide bonds. The van der Waals surface area contributed by atoms with Gasteiger partial charge in [-0.15, -0.1) is 0 Å². The first kappa shape index (κ1) is 22.9. The van der Waals surface area contributed by atoms with Crippen molar-refractivity contribution in [3.63, 3.8) is 0 Å². The van der Waals surface area contributed by atoms with Crippen molar-refractivity contribution in [3.05, 3.63) is 54.1 Å². The number of rotatable bonds is 7. The molecule has 0 heterocycles. The molecule has 2 atom stereocenters. The standard InChI is InChI=1S/C16H21As2NO5.Na/c1-17(20,21)14-6-4-13(5-7-14)3-2-12-19-16-10-8-15(9-11-16)18(22,23)24;/h4-11,19H,2-3,12H2,1H3,(H,20,21)(H2,22,23,24);/q;+1/p-1. The molecule has 2 aromatic carbocycles. The van der Waals surface area contributed by atoms with E-state index < -0.39 is 28.0 Å². The average Bonchev–Trinajstić information content (AvgIpc) is 2.51. The number of benzene rings is 2. The van der Waals surface area contributed by atoms with Gasteiger partial charge in [0.2, 0.25) is 0 Å². The molecule has 25 heavy (non-hydrogen) atoms. The number of nitrogens with one attached hydrogen (secondary N) is 1. The van der Waals surface area contributed by atoms with E-state index in [1.165, 1.54) is 17.8 Å². The minimum Gasteiger partial charge on any atom is 1.00 e. The topological polar surface area (TPSA) is 110 Å². The van der Waals surface area contributed by atoms with Gasteiger partial charge >= 0.3 is 176 Å². The van der Waals surface area contributed by atoms with E-state index in [1.54, 1.807) is 24.3 Å². The Morgan fingerprint density at radius 2 is 1.48 bits per heavy atom. The third-order valence-electron chi connectivity index (χ3n) is 3.58. The molecule has 130 valence electrons. The molecule has 2 rings (SSSR count). The van der Waals surface area contributed by atoms with Crippen LogP contribution in [-0.4, -0.2) is 42.7 Å². The first-order valence-electron chi connectivity index (χ1n) is 7.44. The van der Waals surface area contributed by atoms with Gasteiger partial charge in [0.15, 0.2) is 0 Å². The van der Waals surface area contributed by atoms with Crippen LogP contribution in [0.4, 0.5) is 5.69 Å². The maximum Gasteiger partial charge on any atom is 1.00 e. The summed E-state index contributed by atoms with van der Waals surface area (Å²) in [5.74, 6) is 0. The normalized spacial score (nSPS) is 15.5. The molecule has 2 unspecified atom stereocenters. The van der Waals surface area contributed by atoms with Gasteiger partial charge in [-0.3, -0.25) is 0 Å². The van der Waals surface area contributed by atoms with E-state index >= 15 is 0 Å². The molecule has 0 fully saturated rings. The van der Waals surface area contributed by atoms with Gasteiger partial charge in [-0.25, -0.2) is 0 Å². The maximum absolute atomic E-state index is 11.6. The van der Waals surface area contributed by atoms with Gasteiger partial charge in [0.05, 0.1) is 0 Å². The van der Waals surface area contributed by atoms with E-state index in [2.05, 4.69) is 5.32 Å². The quantitative estimate of drug-likeness (QED) is 0.280. The number of aryl methyl sites for hydroxylation is 1. The van der Waals surface area contributed by atoms with Crippen molar-refractivity contribution in [1.29, 1.82) is 0 Å². The Labute approximate surface area is 175 Å². The third kappa shape index (κ3) is 7.54. The third-order valence-corrected chi connectivity index (χ3v) is 8.21. The fraction of sp³-hybridized carbons (Fsp3) is 0.250. The van der Waals surface area contributed by atoms with E-state index in [1.807, 2.05) is 12.1 Å². The minimum absolute atomic E-state index is 0. The van der Waals surface area contributed by atoms with Gasteiger partial charge < -0.3 is 0 Å². The van der Waals surface area contributed by atoms with Crippen molar-refractivity contribution < 1.29 is 49.3 Å². The van der Waals surface area contributed by atoms with Crippen LogP contribution in [0.25, 0.3) is 0 Å². The predicted octanol–water partition coefficient (Wildman–Crippen LogP) is -3.63. The Bertz CT molecular complexity index is 701. The molecule has 0 aromatic heterocycles. The van der Waals surface area contributed by atoms with Crippen molar-refractivity contribution in [1.82, 2.24) is 0 Å². The first-order chi connectivity index (χ1) is 11.2. The van der Waals surface area contributed by atoms with E-state index in [0.29, 0.717) is 10.9 Å². The van der Waals surface area contributed by atoms with Gasteiger partial charge in [-0.1, -0.05) is 0 Å². The molecule has 0 spiro atoms. The van der Waals surface area contributed by atoms with Crippen LogP contribution in [0.5, 0.6) is 0 Å². The zero-order valence-corrected chi connectivity index (χ0v) is 20.0. The number of hydrogen-bond acceptors (Lipinski definition) is 4. The summed E-state index contributed by atoms with van der Waals surface area (Å²) in [6, 6.07) is 13.2. The fourth-order valence-corrected chi connectivity index (χ4v) is 4.81. The molecule has 0 saturated heterocycles. The second-order valence-corrected chi connectivity index (χ2v) is 13.7. The first-order valence-corrected chi connectivity index (χ1v) is 15.2. The van der Waals surface area contributed by atoms with E-state index in [0.717, 1.165) is 24.1 Å².